The second-order valence-electron chi connectivity index (χ2n) is 4.76. The third kappa shape index (κ3) is 4.23. The molecule has 0 aromatic heterocycles. The Balaban J connectivity index is 2.26. The van der Waals surface area contributed by atoms with Gasteiger partial charge in [0.1, 0.15) is 5.75 Å². The van der Waals surface area contributed by atoms with E-state index in [4.69, 9.17) is 4.74 Å². The zero-order valence-corrected chi connectivity index (χ0v) is 13.3. The summed E-state index contributed by atoms with van der Waals surface area (Å²) in [5, 5.41) is 10.7. The first-order valence-corrected chi connectivity index (χ1v) is 8.48. The van der Waals surface area contributed by atoms with Gasteiger partial charge in [-0.05, 0) is 36.2 Å². The number of carboxylic acid groups (broad SMARTS) is 1. The number of sulfonamides is 1. The predicted octanol–water partition coefficient (Wildman–Crippen LogP) is 1.64. The quantitative estimate of drug-likeness (QED) is 0.830. The van der Waals surface area contributed by atoms with Crippen LogP contribution in [0, 0.1) is 0 Å². The minimum absolute atomic E-state index is 0.0483. The van der Waals surface area contributed by atoms with E-state index in [0.29, 0.717) is 18.0 Å². The molecule has 2 aromatic carbocycles. The molecular formula is C16H16NO5S-. The van der Waals surface area contributed by atoms with Gasteiger partial charge in [0.05, 0.1) is 23.2 Å². The van der Waals surface area contributed by atoms with Crippen molar-refractivity contribution in [2.45, 2.75) is 18.2 Å². The minimum Gasteiger partial charge on any atom is -0.545 e. The van der Waals surface area contributed by atoms with Crippen LogP contribution in [-0.2, 0) is 10.0 Å². The molecule has 0 aliphatic heterocycles. The molecule has 7 heteroatoms. The molecule has 122 valence electrons. The Hall–Kier alpha value is -2.54. The van der Waals surface area contributed by atoms with E-state index in [1.165, 1.54) is 24.3 Å². The fraction of sp³-hybridized carbons (Fsp3) is 0.188. The molecule has 0 saturated carbocycles. The summed E-state index contributed by atoms with van der Waals surface area (Å²) in [6.45, 7) is 2.42. The number of hydrogen-bond donors (Lipinski definition) is 1. The van der Waals surface area contributed by atoms with Gasteiger partial charge < -0.3 is 14.6 Å². The SMILES string of the molecule is CCCOc1ccccc1NS(=O)(=O)c1ccc(C(=O)[O-])cc1. The van der Waals surface area contributed by atoms with E-state index in [2.05, 4.69) is 4.72 Å². The van der Waals surface area contributed by atoms with Gasteiger partial charge in [-0.1, -0.05) is 31.2 Å². The average molecular weight is 334 g/mol. The van der Waals surface area contributed by atoms with Crippen LogP contribution < -0.4 is 14.6 Å². The smallest absolute Gasteiger partial charge is 0.262 e. The van der Waals surface area contributed by atoms with Gasteiger partial charge in [-0.25, -0.2) is 8.42 Å². The van der Waals surface area contributed by atoms with Crippen molar-refractivity contribution in [1.82, 2.24) is 0 Å². The summed E-state index contributed by atoms with van der Waals surface area (Å²) < 4.78 is 32.7. The van der Waals surface area contributed by atoms with E-state index >= 15 is 0 Å². The van der Waals surface area contributed by atoms with Crippen LogP contribution in [0.4, 0.5) is 5.69 Å². The molecule has 0 fully saturated rings. The van der Waals surface area contributed by atoms with Crippen molar-refractivity contribution in [3.63, 3.8) is 0 Å². The number of rotatable bonds is 7. The largest absolute Gasteiger partial charge is 0.545 e. The molecule has 0 bridgehead atoms. The topological polar surface area (TPSA) is 95.5 Å². The first-order valence-electron chi connectivity index (χ1n) is 7.00. The lowest BCUT2D eigenvalue weighted by Gasteiger charge is -2.13. The number of carbonyl (C=O) groups excluding carboxylic acids is 1. The van der Waals surface area contributed by atoms with Crippen LogP contribution in [0.25, 0.3) is 0 Å². The Morgan fingerprint density at radius 2 is 1.78 bits per heavy atom. The molecule has 0 saturated heterocycles. The Morgan fingerprint density at radius 3 is 2.39 bits per heavy atom. The van der Waals surface area contributed by atoms with E-state index in [-0.39, 0.29) is 10.5 Å². The maximum Gasteiger partial charge on any atom is 0.262 e. The van der Waals surface area contributed by atoms with Crippen LogP contribution in [-0.4, -0.2) is 21.0 Å². The maximum absolute atomic E-state index is 12.4. The molecule has 0 unspecified atom stereocenters. The van der Waals surface area contributed by atoms with Gasteiger partial charge in [0.2, 0.25) is 0 Å². The molecule has 1 N–H and O–H groups in total. The molecule has 2 rings (SSSR count). The van der Waals surface area contributed by atoms with Crippen LogP contribution in [0.5, 0.6) is 5.75 Å². The highest BCUT2D eigenvalue weighted by Gasteiger charge is 2.16. The zero-order valence-electron chi connectivity index (χ0n) is 12.5. The van der Waals surface area contributed by atoms with E-state index in [1.54, 1.807) is 24.3 Å². The number of benzene rings is 2. The second-order valence-corrected chi connectivity index (χ2v) is 6.44. The Bertz CT molecular complexity index is 784. The van der Waals surface area contributed by atoms with Gasteiger partial charge in [0.25, 0.3) is 10.0 Å². The second kappa shape index (κ2) is 7.15. The van der Waals surface area contributed by atoms with Crippen molar-refractivity contribution in [3.05, 3.63) is 54.1 Å². The molecule has 0 atom stereocenters. The molecule has 0 aliphatic rings. The highest BCUT2D eigenvalue weighted by molar-refractivity contribution is 7.92. The molecule has 0 spiro atoms. The lowest BCUT2D eigenvalue weighted by molar-refractivity contribution is -0.255. The number of carbonyl (C=O) groups is 1. The van der Waals surface area contributed by atoms with Crippen LogP contribution >= 0.6 is 0 Å². The first kappa shape index (κ1) is 16.8. The average Bonchev–Trinajstić information content (AvgIpc) is 2.54. The number of anilines is 1. The number of aromatic carboxylic acids is 1. The van der Waals surface area contributed by atoms with Crippen LogP contribution in [0.1, 0.15) is 23.7 Å². The number of nitrogens with one attached hydrogen (secondary N) is 1. The van der Waals surface area contributed by atoms with Crippen LogP contribution in [0.2, 0.25) is 0 Å². The summed E-state index contributed by atoms with van der Waals surface area (Å²) in [6, 6.07) is 11.5. The third-order valence-corrected chi connectivity index (χ3v) is 4.37. The molecule has 2 aromatic rings. The fourth-order valence-corrected chi connectivity index (χ4v) is 2.93. The highest BCUT2D eigenvalue weighted by atomic mass is 32.2. The van der Waals surface area contributed by atoms with Crippen molar-refractivity contribution < 1.29 is 23.1 Å². The lowest BCUT2D eigenvalue weighted by atomic mass is 10.2. The third-order valence-electron chi connectivity index (χ3n) is 2.99. The summed E-state index contributed by atoms with van der Waals surface area (Å²) in [4.78, 5) is 10.7. The number of hydrogen-bond acceptors (Lipinski definition) is 5. The summed E-state index contributed by atoms with van der Waals surface area (Å²) in [6.07, 6.45) is 0.797. The molecule has 0 heterocycles. The minimum atomic E-state index is -3.85. The summed E-state index contributed by atoms with van der Waals surface area (Å²) in [5.74, 6) is -0.926. The zero-order chi connectivity index (χ0) is 16.9. The van der Waals surface area contributed by atoms with Gasteiger partial charge in [-0.2, -0.15) is 0 Å². The molecule has 0 aliphatic carbocycles. The summed E-state index contributed by atoms with van der Waals surface area (Å²) in [7, 11) is -3.85. The Morgan fingerprint density at radius 1 is 1.13 bits per heavy atom. The van der Waals surface area contributed by atoms with Crippen molar-refractivity contribution in [2.75, 3.05) is 11.3 Å². The standard InChI is InChI=1S/C16H17NO5S/c1-2-11-22-15-6-4-3-5-14(15)17-23(20,21)13-9-7-12(8-10-13)16(18)19/h3-10,17H,2,11H2,1H3,(H,18,19)/p-1. The highest BCUT2D eigenvalue weighted by Crippen LogP contribution is 2.26. The molecule has 6 nitrogen and oxygen atoms in total. The van der Waals surface area contributed by atoms with Crippen molar-refractivity contribution in [3.8, 4) is 5.75 Å². The molecular weight excluding hydrogens is 318 g/mol. The van der Waals surface area contributed by atoms with Gasteiger partial charge in [-0.3, -0.25) is 4.72 Å². The normalized spacial score (nSPS) is 11.0. The predicted molar refractivity (Wildman–Crippen MR) is 83.8 cm³/mol. The maximum atomic E-state index is 12.4. The number of ether oxygens (including phenoxy) is 1. The Kier molecular flexibility index (Phi) is 5.23. The molecule has 0 radical (unpaired) electrons. The first-order chi connectivity index (χ1) is 10.9. The van der Waals surface area contributed by atoms with E-state index in [9.17, 15) is 18.3 Å². The Labute approximate surface area is 134 Å². The van der Waals surface area contributed by atoms with E-state index < -0.39 is 16.0 Å². The number of carboxylic acids is 1. The van der Waals surface area contributed by atoms with E-state index in [0.717, 1.165) is 6.42 Å². The van der Waals surface area contributed by atoms with Crippen molar-refractivity contribution in [2.24, 2.45) is 0 Å². The van der Waals surface area contributed by atoms with Crippen molar-refractivity contribution >= 4 is 21.7 Å². The van der Waals surface area contributed by atoms with Crippen LogP contribution in [0.3, 0.4) is 0 Å². The fourth-order valence-electron chi connectivity index (χ4n) is 1.86. The molecule has 23 heavy (non-hydrogen) atoms. The summed E-state index contributed by atoms with van der Waals surface area (Å²) in [5.41, 5.74) is 0.237. The molecule has 0 amide bonds. The van der Waals surface area contributed by atoms with Crippen molar-refractivity contribution in [1.29, 1.82) is 0 Å². The van der Waals surface area contributed by atoms with Gasteiger partial charge in [0.15, 0.2) is 0 Å². The van der Waals surface area contributed by atoms with Gasteiger partial charge >= 0.3 is 0 Å². The monoisotopic (exact) mass is 334 g/mol. The van der Waals surface area contributed by atoms with Gasteiger partial charge in [-0.15, -0.1) is 0 Å². The van der Waals surface area contributed by atoms with Crippen LogP contribution in [0.15, 0.2) is 53.4 Å². The van der Waals surface area contributed by atoms with E-state index in [1.807, 2.05) is 6.92 Å². The summed E-state index contributed by atoms with van der Waals surface area (Å²) >= 11 is 0. The van der Waals surface area contributed by atoms with Gasteiger partial charge in [0, 0.05) is 0 Å². The number of para-hydroxylation sites is 2. The lowest BCUT2D eigenvalue weighted by Crippen LogP contribution is -2.22.